The average Bonchev–Trinajstić information content (AvgIpc) is 3.25. The molecule has 1 aromatic carbocycles. The molecule has 2 aliphatic rings. The molecule has 0 fully saturated rings. The monoisotopic (exact) mass is 363 g/mol. The van der Waals surface area contributed by atoms with Crippen molar-refractivity contribution in [1.82, 2.24) is 4.48 Å². The number of nitrogens with two attached hydrogens (primary N) is 1. The normalized spacial score (nSPS) is 16.1. The number of hydrogen-bond donors (Lipinski definition) is 1. The van der Waals surface area contributed by atoms with Gasteiger partial charge in [0.05, 0.1) is 7.11 Å². The van der Waals surface area contributed by atoms with Crippen molar-refractivity contribution >= 4 is 24.9 Å². The molecule has 1 aromatic heterocycles. The SMILES string of the molecule is COc1ccc(/C=C/C2=[N+]3[BH2-]n4cccc4C(CCN)=C3C(C)=C2)c(F)c1. The van der Waals surface area contributed by atoms with Crippen molar-refractivity contribution in [2.24, 2.45) is 5.73 Å². The Bertz CT molecular complexity index is 1030. The summed E-state index contributed by atoms with van der Waals surface area (Å²) in [6, 6.07) is 9.19. The van der Waals surface area contributed by atoms with Crippen LogP contribution in [0.1, 0.15) is 24.6 Å². The van der Waals surface area contributed by atoms with Crippen molar-refractivity contribution in [2.75, 3.05) is 13.7 Å². The molecule has 0 aliphatic carbocycles. The molecule has 0 saturated heterocycles. The zero-order valence-electron chi connectivity index (χ0n) is 15.9. The summed E-state index contributed by atoms with van der Waals surface area (Å²) in [5, 5.41) is 0. The van der Waals surface area contributed by atoms with Gasteiger partial charge in [-0.3, -0.25) is 0 Å². The van der Waals surface area contributed by atoms with Gasteiger partial charge in [0.1, 0.15) is 11.6 Å². The van der Waals surface area contributed by atoms with Gasteiger partial charge in [-0.1, -0.05) is 0 Å². The Kier molecular flexibility index (Phi) is 4.58. The second-order valence-corrected chi connectivity index (χ2v) is 7.10. The van der Waals surface area contributed by atoms with Crippen LogP contribution in [0.5, 0.6) is 5.75 Å². The number of aromatic nitrogens is 1. The summed E-state index contributed by atoms with van der Waals surface area (Å²) in [6.45, 7) is 2.76. The maximum absolute atomic E-state index is 14.2. The minimum Gasteiger partial charge on any atom is -0.497 e. The van der Waals surface area contributed by atoms with E-state index >= 15 is 0 Å². The first-order valence-electron chi connectivity index (χ1n) is 9.32. The fraction of sp³-hybridized carbons (Fsp3) is 0.190. The van der Waals surface area contributed by atoms with E-state index in [1.165, 1.54) is 35.7 Å². The highest BCUT2D eigenvalue weighted by atomic mass is 19.1. The van der Waals surface area contributed by atoms with E-state index in [4.69, 9.17) is 10.5 Å². The third-order valence-corrected chi connectivity index (χ3v) is 5.45. The highest BCUT2D eigenvalue weighted by Crippen LogP contribution is 2.33. The van der Waals surface area contributed by atoms with Gasteiger partial charge in [-0.15, -0.1) is 0 Å². The number of hydrogen-bond acceptors (Lipinski definition) is 2. The Labute approximate surface area is 159 Å². The number of nitrogens with zero attached hydrogens (tertiary/aromatic N) is 2. The fourth-order valence-electron chi connectivity index (χ4n) is 4.22. The summed E-state index contributed by atoms with van der Waals surface area (Å²) >= 11 is 0. The van der Waals surface area contributed by atoms with Crippen molar-refractivity contribution in [1.29, 1.82) is 0 Å². The average molecular weight is 363 g/mol. The van der Waals surface area contributed by atoms with Crippen LogP contribution in [0, 0.1) is 5.82 Å². The number of fused-ring (bicyclic) bond motifs is 2. The van der Waals surface area contributed by atoms with Crippen molar-refractivity contribution in [3.05, 3.63) is 77.0 Å². The van der Waals surface area contributed by atoms with Gasteiger partial charge in [-0.05, 0) is 56.4 Å². The number of rotatable bonds is 5. The maximum Gasteiger partial charge on any atom is 0.353 e. The minimum atomic E-state index is -0.576. The van der Waals surface area contributed by atoms with E-state index in [2.05, 4.69) is 40.3 Å². The van der Waals surface area contributed by atoms with Gasteiger partial charge in [-0.2, -0.15) is 0 Å². The highest BCUT2D eigenvalue weighted by Gasteiger charge is 2.30. The van der Waals surface area contributed by atoms with Crippen LogP contribution >= 0.6 is 0 Å². The Balaban J connectivity index is 1.75. The lowest BCUT2D eigenvalue weighted by Gasteiger charge is -2.26. The molecule has 0 spiro atoms. The molecule has 0 unspecified atom stereocenters. The molecule has 0 saturated carbocycles. The van der Waals surface area contributed by atoms with Crippen molar-refractivity contribution in [2.45, 2.75) is 13.3 Å². The summed E-state index contributed by atoms with van der Waals surface area (Å²) < 4.78 is 24.1. The summed E-state index contributed by atoms with van der Waals surface area (Å²) in [6.07, 6.45) is 8.99. The number of methoxy groups -OCH3 is 1. The van der Waals surface area contributed by atoms with Gasteiger partial charge < -0.3 is 19.4 Å². The van der Waals surface area contributed by atoms with Crippen LogP contribution in [0.2, 0.25) is 0 Å². The molecular weight excluding hydrogens is 340 g/mol. The smallest absolute Gasteiger partial charge is 0.353 e. The number of ether oxygens (including phenoxy) is 1. The summed E-state index contributed by atoms with van der Waals surface area (Å²) in [5.74, 6) is 0.236. The summed E-state index contributed by atoms with van der Waals surface area (Å²) in [4.78, 5) is 0. The molecule has 2 aliphatic heterocycles. The standard InChI is InChI=1S/C21H23BFN3O/c1-14-12-16(7-5-15-6-8-17(27-2)13-19(15)23)26-21(14)18(9-10-24)20-4-3-11-25(20)22-26/h3-8,11-13H,9-10,22,24H2,1-2H3/b7-5+. The molecule has 2 N–H and O–H groups in total. The quantitative estimate of drug-likeness (QED) is 0.831. The van der Waals surface area contributed by atoms with Crippen LogP contribution in [0.3, 0.4) is 0 Å². The number of halogens is 1. The molecule has 0 radical (unpaired) electrons. The number of benzene rings is 1. The Morgan fingerprint density at radius 3 is 2.89 bits per heavy atom. The van der Waals surface area contributed by atoms with E-state index in [-0.39, 0.29) is 5.82 Å². The minimum absolute atomic E-state index is 0.285. The highest BCUT2D eigenvalue weighted by molar-refractivity contribution is 6.29. The van der Waals surface area contributed by atoms with Crippen molar-refractivity contribution in [3.8, 4) is 5.75 Å². The molecule has 27 heavy (non-hydrogen) atoms. The van der Waals surface area contributed by atoms with E-state index in [0.29, 0.717) is 17.9 Å². The first-order chi connectivity index (χ1) is 13.1. The predicted octanol–water partition coefficient (Wildman–Crippen LogP) is 2.68. The first kappa shape index (κ1) is 17.6. The molecule has 4 nitrogen and oxygen atoms in total. The third kappa shape index (κ3) is 3.06. The lowest BCUT2D eigenvalue weighted by Crippen LogP contribution is -2.31. The van der Waals surface area contributed by atoms with Crippen LogP contribution in [-0.4, -0.2) is 35.9 Å². The van der Waals surface area contributed by atoms with Crippen molar-refractivity contribution in [3.63, 3.8) is 0 Å². The zero-order valence-corrected chi connectivity index (χ0v) is 15.9. The topological polar surface area (TPSA) is 43.2 Å². The van der Waals surface area contributed by atoms with Crippen LogP contribution < -0.4 is 10.5 Å². The molecular formula is C21H23BFN3O. The van der Waals surface area contributed by atoms with Crippen LogP contribution in [-0.2, 0) is 0 Å². The van der Waals surface area contributed by atoms with E-state index < -0.39 is 7.55 Å². The largest absolute Gasteiger partial charge is 0.497 e. The molecule has 0 bridgehead atoms. The van der Waals surface area contributed by atoms with Gasteiger partial charge in [0.15, 0.2) is 11.4 Å². The molecule has 6 heteroatoms. The lowest BCUT2D eigenvalue weighted by atomic mass is 9.93. The number of allylic oxidation sites excluding steroid dienone is 3. The van der Waals surface area contributed by atoms with Gasteiger partial charge in [0, 0.05) is 40.6 Å². The molecule has 0 amide bonds. The summed E-state index contributed by atoms with van der Waals surface area (Å²) in [5.41, 5.74) is 12.6. The molecule has 0 atom stereocenters. The Hall–Kier alpha value is -2.86. The van der Waals surface area contributed by atoms with E-state index in [1.54, 1.807) is 12.1 Å². The fourth-order valence-corrected chi connectivity index (χ4v) is 4.22. The van der Waals surface area contributed by atoms with E-state index in [1.807, 2.05) is 12.2 Å². The van der Waals surface area contributed by atoms with Gasteiger partial charge in [0.2, 0.25) is 0 Å². The van der Waals surface area contributed by atoms with Crippen molar-refractivity contribution < 1.29 is 13.6 Å². The Morgan fingerprint density at radius 2 is 2.15 bits per heavy atom. The van der Waals surface area contributed by atoms with Gasteiger partial charge >= 0.3 is 7.55 Å². The lowest BCUT2D eigenvalue weighted by molar-refractivity contribution is -0.314. The third-order valence-electron chi connectivity index (χ3n) is 5.45. The van der Waals surface area contributed by atoms with E-state index in [9.17, 15) is 4.39 Å². The predicted molar refractivity (Wildman–Crippen MR) is 110 cm³/mol. The molecule has 3 heterocycles. The van der Waals surface area contributed by atoms with Gasteiger partial charge in [-0.25, -0.2) is 4.39 Å². The first-order valence-corrected chi connectivity index (χ1v) is 9.32. The molecule has 138 valence electrons. The van der Waals surface area contributed by atoms with Crippen LogP contribution in [0.15, 0.2) is 60.0 Å². The van der Waals surface area contributed by atoms with Crippen LogP contribution in [0.4, 0.5) is 4.39 Å². The van der Waals surface area contributed by atoms with Crippen LogP contribution in [0.25, 0.3) is 11.6 Å². The zero-order chi connectivity index (χ0) is 19.0. The second kappa shape index (κ2) is 7.04. The summed E-state index contributed by atoms with van der Waals surface area (Å²) in [7, 11) is 0.960. The van der Waals surface area contributed by atoms with Gasteiger partial charge in [0.25, 0.3) is 0 Å². The Morgan fingerprint density at radius 1 is 1.30 bits per heavy atom. The molecule has 4 rings (SSSR count). The van der Waals surface area contributed by atoms with E-state index in [0.717, 1.165) is 12.1 Å². The second-order valence-electron chi connectivity index (χ2n) is 7.10. The maximum atomic E-state index is 14.2. The molecule has 2 aromatic rings.